The lowest BCUT2D eigenvalue weighted by molar-refractivity contribution is 0.0940. The van der Waals surface area contributed by atoms with Crippen LogP contribution in [0.2, 0.25) is 5.02 Å². The van der Waals surface area contributed by atoms with Gasteiger partial charge in [0.2, 0.25) is 0 Å². The second-order valence-corrected chi connectivity index (χ2v) is 8.87. The van der Waals surface area contributed by atoms with Crippen LogP contribution >= 0.6 is 11.6 Å². The van der Waals surface area contributed by atoms with E-state index in [0.29, 0.717) is 28.6 Å². The third-order valence-electron chi connectivity index (χ3n) is 4.96. The van der Waals surface area contributed by atoms with Crippen molar-refractivity contribution in [1.82, 2.24) is 19.7 Å². The molecule has 1 amide bonds. The molecule has 1 aromatic carbocycles. The maximum absolute atomic E-state index is 12.4. The van der Waals surface area contributed by atoms with Gasteiger partial charge in [0.15, 0.2) is 11.5 Å². The van der Waals surface area contributed by atoms with E-state index < -0.39 is 5.60 Å². The first-order valence-corrected chi connectivity index (χ1v) is 10.7. The monoisotopic (exact) mass is 439 g/mol. The van der Waals surface area contributed by atoms with E-state index in [1.54, 1.807) is 32.2 Å². The topological polar surface area (TPSA) is 91.5 Å². The van der Waals surface area contributed by atoms with E-state index in [0.717, 1.165) is 29.8 Å². The summed E-state index contributed by atoms with van der Waals surface area (Å²) in [6.07, 6.45) is 9.51. The van der Waals surface area contributed by atoms with Crippen LogP contribution < -0.4 is 10.6 Å². The highest BCUT2D eigenvalue weighted by molar-refractivity contribution is 6.34. The molecule has 31 heavy (non-hydrogen) atoms. The molecule has 3 N–H and O–H groups in total. The molecule has 0 atom stereocenters. The van der Waals surface area contributed by atoms with Crippen molar-refractivity contribution in [3.05, 3.63) is 52.9 Å². The summed E-state index contributed by atoms with van der Waals surface area (Å²) in [5.74, 6) is 0.436. The van der Waals surface area contributed by atoms with Gasteiger partial charge in [0.05, 0.1) is 33.8 Å². The molecule has 0 saturated heterocycles. The molecular weight excluding hydrogens is 414 g/mol. The van der Waals surface area contributed by atoms with Gasteiger partial charge in [-0.2, -0.15) is 0 Å². The highest BCUT2D eigenvalue weighted by atomic mass is 35.5. The number of hydrogen-bond donors (Lipinski definition) is 3. The second-order valence-electron chi connectivity index (χ2n) is 8.46. The minimum absolute atomic E-state index is 0.144. The van der Waals surface area contributed by atoms with Gasteiger partial charge in [-0.15, -0.1) is 0 Å². The van der Waals surface area contributed by atoms with Crippen LogP contribution in [0.1, 0.15) is 49.7 Å². The molecule has 1 saturated carbocycles. The van der Waals surface area contributed by atoms with Crippen molar-refractivity contribution in [2.45, 2.75) is 45.3 Å². The Labute approximate surface area is 186 Å². The van der Waals surface area contributed by atoms with Crippen molar-refractivity contribution < 1.29 is 9.90 Å². The van der Waals surface area contributed by atoms with Crippen molar-refractivity contribution in [3.8, 4) is 11.3 Å². The summed E-state index contributed by atoms with van der Waals surface area (Å²) in [5.41, 5.74) is 2.62. The molecule has 0 aliphatic heterocycles. The van der Waals surface area contributed by atoms with Crippen molar-refractivity contribution >= 4 is 35.0 Å². The number of fused-ring (bicyclic) bond motifs is 1. The van der Waals surface area contributed by atoms with Gasteiger partial charge < -0.3 is 15.7 Å². The van der Waals surface area contributed by atoms with E-state index in [1.807, 2.05) is 35.7 Å². The summed E-state index contributed by atoms with van der Waals surface area (Å²) in [6, 6.07) is 5.67. The Morgan fingerprint density at radius 3 is 2.81 bits per heavy atom. The zero-order valence-corrected chi connectivity index (χ0v) is 18.6. The van der Waals surface area contributed by atoms with Gasteiger partial charge in [-0.3, -0.25) is 9.20 Å². The minimum atomic E-state index is -0.894. The van der Waals surface area contributed by atoms with Crippen molar-refractivity contribution in [2.75, 3.05) is 11.9 Å². The molecule has 0 unspecified atom stereocenters. The maximum atomic E-state index is 12.4. The third-order valence-corrected chi connectivity index (χ3v) is 5.27. The molecule has 1 aliphatic carbocycles. The molecule has 1 aliphatic rings. The number of anilines is 1. The lowest BCUT2D eigenvalue weighted by atomic mass is 10.1. The molecular formula is C23H26ClN5O2. The van der Waals surface area contributed by atoms with Gasteiger partial charge in [0, 0.05) is 24.3 Å². The van der Waals surface area contributed by atoms with Crippen LogP contribution in [0.15, 0.2) is 36.7 Å². The van der Waals surface area contributed by atoms with Gasteiger partial charge in [-0.05, 0) is 51.8 Å². The number of rotatable bonds is 7. The van der Waals surface area contributed by atoms with Crippen LogP contribution in [0.4, 0.5) is 5.82 Å². The van der Waals surface area contributed by atoms with Crippen molar-refractivity contribution in [1.29, 1.82) is 0 Å². The van der Waals surface area contributed by atoms with Crippen LogP contribution in [0.5, 0.6) is 0 Å². The van der Waals surface area contributed by atoms with Crippen LogP contribution in [-0.2, 0) is 0 Å². The van der Waals surface area contributed by atoms with Crippen LogP contribution in [0.3, 0.4) is 0 Å². The Kier molecular flexibility index (Phi) is 5.73. The number of aliphatic hydroxyl groups is 1. The number of hydrogen-bond acceptors (Lipinski definition) is 5. The normalized spacial score (nSPS) is 14.4. The summed E-state index contributed by atoms with van der Waals surface area (Å²) < 4.78 is 1.94. The first kappa shape index (κ1) is 21.3. The number of aromatic nitrogens is 3. The smallest absolute Gasteiger partial charge is 0.253 e. The molecule has 7 nitrogen and oxygen atoms in total. The summed E-state index contributed by atoms with van der Waals surface area (Å²) in [5, 5.41) is 16.6. The molecule has 0 bridgehead atoms. The Morgan fingerprint density at radius 2 is 2.16 bits per heavy atom. The number of carbonyl (C=O) groups excluding carboxylic acids is 1. The first-order valence-electron chi connectivity index (χ1n) is 10.3. The van der Waals surface area contributed by atoms with Gasteiger partial charge in [0.1, 0.15) is 0 Å². The summed E-state index contributed by atoms with van der Waals surface area (Å²) in [7, 11) is 0. The van der Waals surface area contributed by atoms with Crippen LogP contribution in [0.25, 0.3) is 23.0 Å². The molecule has 0 radical (unpaired) electrons. The van der Waals surface area contributed by atoms with Gasteiger partial charge in [-0.25, -0.2) is 9.97 Å². The third kappa shape index (κ3) is 4.89. The van der Waals surface area contributed by atoms with E-state index in [4.69, 9.17) is 11.6 Å². The number of benzene rings is 1. The predicted molar refractivity (Wildman–Crippen MR) is 123 cm³/mol. The van der Waals surface area contributed by atoms with Gasteiger partial charge in [-0.1, -0.05) is 23.7 Å². The number of imidazole rings is 1. The van der Waals surface area contributed by atoms with Gasteiger partial charge in [0.25, 0.3) is 5.91 Å². The summed E-state index contributed by atoms with van der Waals surface area (Å²) >= 11 is 6.45. The zero-order valence-electron chi connectivity index (χ0n) is 17.8. The molecule has 3 aromatic rings. The van der Waals surface area contributed by atoms with E-state index in [2.05, 4.69) is 20.6 Å². The Balaban J connectivity index is 1.72. The highest BCUT2D eigenvalue weighted by Gasteiger charge is 2.25. The Hall–Kier alpha value is -2.90. The first-order chi connectivity index (χ1) is 14.7. The lowest BCUT2D eigenvalue weighted by Crippen LogP contribution is -2.29. The number of carbonyl (C=O) groups is 1. The van der Waals surface area contributed by atoms with E-state index in [-0.39, 0.29) is 11.9 Å². The minimum Gasteiger partial charge on any atom is -0.389 e. The number of halogens is 1. The quantitative estimate of drug-likeness (QED) is 0.514. The second kappa shape index (κ2) is 8.32. The summed E-state index contributed by atoms with van der Waals surface area (Å²) in [4.78, 5) is 21.5. The van der Waals surface area contributed by atoms with Crippen molar-refractivity contribution in [2.24, 2.45) is 0 Å². The standard InChI is InChI=1S/C23H26ClN5O2/c1-4-5-16-12-29-19(11-25-21(29)20(27-16)26-13-23(2,3)31)14-6-9-17(18(24)10-14)22(30)28-15-7-8-15/h4-6,9-12,15,31H,7-8,13H2,1-3H3,(H,26,27)(H,28,30)/b5-4+. The average Bonchev–Trinajstić information content (AvgIpc) is 3.41. The SMILES string of the molecule is C/C=C/c1cn2c(-c3ccc(C(=O)NC4CC4)c(Cl)c3)cnc2c(NCC(C)(C)O)n1. The van der Waals surface area contributed by atoms with Crippen molar-refractivity contribution in [3.63, 3.8) is 0 Å². The zero-order chi connectivity index (χ0) is 22.2. The lowest BCUT2D eigenvalue weighted by Gasteiger charge is -2.18. The molecule has 162 valence electrons. The van der Waals surface area contributed by atoms with E-state index in [1.165, 1.54) is 0 Å². The van der Waals surface area contributed by atoms with E-state index in [9.17, 15) is 9.90 Å². The fourth-order valence-electron chi connectivity index (χ4n) is 3.24. The summed E-state index contributed by atoms with van der Waals surface area (Å²) in [6.45, 7) is 5.71. The van der Waals surface area contributed by atoms with Gasteiger partial charge >= 0.3 is 0 Å². The maximum Gasteiger partial charge on any atom is 0.253 e. The van der Waals surface area contributed by atoms with E-state index >= 15 is 0 Å². The molecule has 8 heteroatoms. The fraction of sp³-hybridized carbons (Fsp3) is 0.348. The number of amides is 1. The molecule has 2 heterocycles. The molecule has 2 aromatic heterocycles. The fourth-order valence-corrected chi connectivity index (χ4v) is 3.51. The number of nitrogens with one attached hydrogen (secondary N) is 2. The molecule has 4 rings (SSSR count). The number of nitrogens with zero attached hydrogens (tertiary/aromatic N) is 3. The Bertz CT molecular complexity index is 1160. The molecule has 0 spiro atoms. The highest BCUT2D eigenvalue weighted by Crippen LogP contribution is 2.29. The largest absolute Gasteiger partial charge is 0.389 e. The predicted octanol–water partition coefficient (Wildman–Crippen LogP) is 4.16. The van der Waals surface area contributed by atoms with Crippen LogP contribution in [0, 0.1) is 0 Å². The van der Waals surface area contributed by atoms with Crippen LogP contribution in [-0.4, -0.2) is 43.6 Å². The Morgan fingerprint density at radius 1 is 1.39 bits per heavy atom. The average molecular weight is 440 g/mol. The molecule has 1 fully saturated rings. The number of allylic oxidation sites excluding steroid dienone is 1.